The fourth-order valence-electron chi connectivity index (χ4n) is 7.42. The Morgan fingerprint density at radius 1 is 0.492 bits per heavy atom. The molecule has 0 aliphatic carbocycles. The normalized spacial score (nSPS) is 14.0. The van der Waals surface area contributed by atoms with Gasteiger partial charge in [-0.3, -0.25) is 13.8 Å². The highest BCUT2D eigenvalue weighted by Gasteiger charge is 2.26. The predicted octanol–water partition coefficient (Wildman–Crippen LogP) is 16.8. The summed E-state index contributed by atoms with van der Waals surface area (Å²) in [6, 6.07) is 0. The zero-order chi connectivity index (χ0) is 47.6. The molecule has 0 aromatic carbocycles. The number of likely N-dealkylation sites (N-methyl/N-ethyl adjacent to an activating group) is 1. The molecule has 0 amide bonds. The molecule has 0 heterocycles. The Bertz CT molecular complexity index is 1220. The molecular formula is C56H105NO7P+. The van der Waals surface area contributed by atoms with Gasteiger partial charge in [-0.05, 0) is 77.0 Å². The van der Waals surface area contributed by atoms with Gasteiger partial charge in [0.1, 0.15) is 19.3 Å². The summed E-state index contributed by atoms with van der Waals surface area (Å²) in [5, 5.41) is 0. The number of phosphoric ester groups is 1. The number of ether oxygens (including phenoxy) is 2. The van der Waals surface area contributed by atoms with Crippen molar-refractivity contribution in [3.8, 4) is 0 Å². The molecule has 0 aromatic rings. The number of hydrogen-bond acceptors (Lipinski definition) is 6. The van der Waals surface area contributed by atoms with Gasteiger partial charge in [-0.15, -0.1) is 0 Å². The van der Waals surface area contributed by atoms with Crippen LogP contribution in [-0.4, -0.2) is 75.6 Å². The van der Waals surface area contributed by atoms with Crippen molar-refractivity contribution in [1.29, 1.82) is 0 Å². The van der Waals surface area contributed by atoms with Gasteiger partial charge in [0.05, 0.1) is 34.4 Å². The summed E-state index contributed by atoms with van der Waals surface area (Å²) in [4.78, 5) is 23.0. The number of quaternary nitrogens is 1. The molecule has 0 radical (unpaired) electrons. The molecular weight excluding hydrogens is 830 g/mol. The molecule has 2 unspecified atom stereocenters. The van der Waals surface area contributed by atoms with Crippen LogP contribution >= 0.6 is 7.82 Å². The van der Waals surface area contributed by atoms with Crippen molar-refractivity contribution in [3.05, 3.63) is 60.8 Å². The smallest absolute Gasteiger partial charge is 0.457 e. The largest absolute Gasteiger partial charge is 0.472 e. The molecule has 0 aliphatic rings. The molecule has 2 atom stereocenters. The number of allylic oxidation sites excluding steroid dienone is 10. The standard InChI is InChI=1S/C56H104NO7P/c1-6-8-10-12-14-16-18-20-22-24-26-28-30-32-34-36-38-40-42-44-46-48-51-61-53-55(54-63-65(59,60)62-52-50-57(3,4)5)64-56(58)49-47-45-43-41-39-37-35-33-31-29-27-25-23-21-19-17-15-13-11-9-7-2/h8,10,14,16,20,22,25-28,55H,6-7,9,11-13,15,17-19,21,23-24,29-54H2,1-5H3/p+1/b10-8-,16-14-,22-20-,27-25-,28-26-. The number of carbonyl (C=O) groups is 1. The SMILES string of the molecule is CC/C=C\C/C=C\C/C=C\C/C=C\CCCCCCCCCCCOCC(COP(=O)(O)OCC[N+](C)(C)C)OC(=O)CCCCCCCCCCC/C=C\CCCCCCCCCC. The maximum absolute atomic E-state index is 12.8. The summed E-state index contributed by atoms with van der Waals surface area (Å²) >= 11 is 0. The van der Waals surface area contributed by atoms with Crippen molar-refractivity contribution in [2.75, 3.05) is 54.1 Å². The molecule has 0 bridgehead atoms. The van der Waals surface area contributed by atoms with Crippen molar-refractivity contribution >= 4 is 13.8 Å². The minimum absolute atomic E-state index is 0.0853. The van der Waals surface area contributed by atoms with Crippen LogP contribution in [0.3, 0.4) is 0 Å². The molecule has 0 rings (SSSR count). The van der Waals surface area contributed by atoms with Gasteiger partial charge in [0, 0.05) is 13.0 Å². The minimum Gasteiger partial charge on any atom is -0.457 e. The average molecular weight is 935 g/mol. The fourth-order valence-corrected chi connectivity index (χ4v) is 8.16. The number of esters is 1. The molecule has 0 spiro atoms. The second-order valence-corrected chi connectivity index (χ2v) is 20.7. The van der Waals surface area contributed by atoms with E-state index in [0.29, 0.717) is 24.1 Å². The Labute approximate surface area is 402 Å². The van der Waals surface area contributed by atoms with Crippen LogP contribution in [0.15, 0.2) is 60.8 Å². The number of unbranched alkanes of at least 4 members (excludes halogenated alkanes) is 26. The zero-order valence-corrected chi connectivity index (χ0v) is 44.1. The third-order valence-electron chi connectivity index (χ3n) is 11.6. The summed E-state index contributed by atoms with van der Waals surface area (Å²) in [5.74, 6) is -0.317. The topological polar surface area (TPSA) is 91.3 Å². The molecule has 1 N–H and O–H groups in total. The molecule has 8 nitrogen and oxygen atoms in total. The van der Waals surface area contributed by atoms with Gasteiger partial charge in [-0.2, -0.15) is 0 Å². The first-order valence-corrected chi connectivity index (χ1v) is 28.5. The maximum Gasteiger partial charge on any atom is 0.472 e. The Kier molecular flexibility index (Phi) is 47.3. The van der Waals surface area contributed by atoms with Gasteiger partial charge in [0.25, 0.3) is 0 Å². The minimum atomic E-state index is -4.29. The third-order valence-corrected chi connectivity index (χ3v) is 12.5. The number of hydrogen-bond donors (Lipinski definition) is 1. The lowest BCUT2D eigenvalue weighted by Gasteiger charge is -2.24. The van der Waals surface area contributed by atoms with Crippen LogP contribution < -0.4 is 0 Å². The molecule has 0 saturated heterocycles. The maximum atomic E-state index is 12.8. The average Bonchev–Trinajstić information content (AvgIpc) is 3.27. The van der Waals surface area contributed by atoms with Crippen molar-refractivity contribution in [1.82, 2.24) is 0 Å². The monoisotopic (exact) mass is 935 g/mol. The Hall–Kier alpha value is -1.80. The summed E-state index contributed by atoms with van der Waals surface area (Å²) in [6.07, 6.45) is 62.7. The van der Waals surface area contributed by atoms with Crippen molar-refractivity contribution in [2.24, 2.45) is 0 Å². The van der Waals surface area contributed by atoms with E-state index >= 15 is 0 Å². The molecule has 0 saturated carbocycles. The Morgan fingerprint density at radius 3 is 1.35 bits per heavy atom. The first kappa shape index (κ1) is 63.2. The van der Waals surface area contributed by atoms with Gasteiger partial charge in [-0.25, -0.2) is 4.57 Å². The van der Waals surface area contributed by atoms with E-state index in [0.717, 1.165) is 57.8 Å². The van der Waals surface area contributed by atoms with E-state index in [4.69, 9.17) is 18.5 Å². The Balaban J connectivity index is 4.13. The summed E-state index contributed by atoms with van der Waals surface area (Å²) < 4.78 is 35.2. The van der Waals surface area contributed by atoms with E-state index < -0.39 is 13.9 Å². The quantitative estimate of drug-likeness (QED) is 0.0214. The molecule has 0 fully saturated rings. The summed E-state index contributed by atoms with van der Waals surface area (Å²) in [5.41, 5.74) is 0. The third kappa shape index (κ3) is 53.0. The van der Waals surface area contributed by atoms with Crippen LogP contribution in [0, 0.1) is 0 Å². The van der Waals surface area contributed by atoms with Crippen LogP contribution in [0.1, 0.15) is 232 Å². The lowest BCUT2D eigenvalue weighted by Crippen LogP contribution is -2.37. The van der Waals surface area contributed by atoms with E-state index in [1.165, 1.54) is 154 Å². The lowest BCUT2D eigenvalue weighted by atomic mass is 10.1. The highest BCUT2D eigenvalue weighted by atomic mass is 31.2. The number of nitrogens with zero attached hydrogens (tertiary/aromatic N) is 1. The van der Waals surface area contributed by atoms with E-state index in [1.54, 1.807) is 0 Å². The van der Waals surface area contributed by atoms with Crippen molar-refractivity contribution < 1.29 is 37.3 Å². The second-order valence-electron chi connectivity index (χ2n) is 19.2. The summed E-state index contributed by atoms with van der Waals surface area (Å²) in [6.45, 7) is 5.52. The van der Waals surface area contributed by atoms with Crippen LogP contribution in [0.5, 0.6) is 0 Å². The first-order valence-electron chi connectivity index (χ1n) is 27.0. The number of carbonyl (C=O) groups excluding carboxylic acids is 1. The zero-order valence-electron chi connectivity index (χ0n) is 43.2. The Morgan fingerprint density at radius 2 is 0.892 bits per heavy atom. The summed E-state index contributed by atoms with van der Waals surface area (Å²) in [7, 11) is 1.66. The number of phosphoric acid groups is 1. The van der Waals surface area contributed by atoms with Gasteiger partial charge in [0.15, 0.2) is 0 Å². The van der Waals surface area contributed by atoms with Crippen molar-refractivity contribution in [3.63, 3.8) is 0 Å². The molecule has 65 heavy (non-hydrogen) atoms. The van der Waals surface area contributed by atoms with Crippen LogP contribution in [0.25, 0.3) is 0 Å². The van der Waals surface area contributed by atoms with Gasteiger partial charge >= 0.3 is 13.8 Å². The van der Waals surface area contributed by atoms with Crippen LogP contribution in [-0.2, 0) is 27.9 Å². The fraction of sp³-hybridized carbons (Fsp3) is 0.804. The molecule has 0 aromatic heterocycles. The second kappa shape index (κ2) is 48.6. The number of rotatable bonds is 50. The van der Waals surface area contributed by atoms with E-state index in [1.807, 2.05) is 21.1 Å². The molecule has 380 valence electrons. The molecule has 9 heteroatoms. The van der Waals surface area contributed by atoms with Crippen LogP contribution in [0.4, 0.5) is 0 Å². The lowest BCUT2D eigenvalue weighted by molar-refractivity contribution is -0.870. The van der Waals surface area contributed by atoms with E-state index in [2.05, 4.69) is 74.6 Å². The van der Waals surface area contributed by atoms with Crippen molar-refractivity contribution in [2.45, 2.75) is 238 Å². The first-order chi connectivity index (χ1) is 31.6. The molecule has 0 aliphatic heterocycles. The van der Waals surface area contributed by atoms with Gasteiger partial charge in [-0.1, -0.05) is 209 Å². The van der Waals surface area contributed by atoms with E-state index in [-0.39, 0.29) is 25.8 Å². The highest BCUT2D eigenvalue weighted by Crippen LogP contribution is 2.43. The highest BCUT2D eigenvalue weighted by molar-refractivity contribution is 7.47. The van der Waals surface area contributed by atoms with Gasteiger partial charge < -0.3 is 18.9 Å². The predicted molar refractivity (Wildman–Crippen MR) is 279 cm³/mol. The van der Waals surface area contributed by atoms with Crippen LogP contribution in [0.2, 0.25) is 0 Å². The van der Waals surface area contributed by atoms with Gasteiger partial charge in [0.2, 0.25) is 0 Å². The van der Waals surface area contributed by atoms with E-state index in [9.17, 15) is 14.3 Å².